The van der Waals surface area contributed by atoms with Crippen molar-refractivity contribution in [1.82, 2.24) is 4.90 Å². The van der Waals surface area contributed by atoms with Crippen molar-refractivity contribution in [2.45, 2.75) is 19.9 Å². The minimum Gasteiger partial charge on any atom is -0.478 e. The zero-order valence-electron chi connectivity index (χ0n) is 12.0. The third kappa shape index (κ3) is 3.91. The first-order valence-electron chi connectivity index (χ1n) is 6.31. The lowest BCUT2D eigenvalue weighted by atomic mass is 10.1. The molecule has 8 heteroatoms. The van der Waals surface area contributed by atoms with Gasteiger partial charge in [0.2, 0.25) is 5.91 Å². The number of hydrogen-bond donors (Lipinski definition) is 2. The van der Waals surface area contributed by atoms with Gasteiger partial charge < -0.3 is 15.3 Å². The Labute approximate surface area is 121 Å². The summed E-state index contributed by atoms with van der Waals surface area (Å²) in [4.78, 5) is 34.7. The van der Waals surface area contributed by atoms with Gasteiger partial charge in [0.25, 0.3) is 5.69 Å². The SMILES string of the molecule is CCN(C)C(=O)C(C)Nc1cc(C(=O)O)ccc1[N+](=O)[O-]. The number of nitro groups is 1. The molecule has 0 bridgehead atoms. The average molecular weight is 295 g/mol. The molecule has 8 nitrogen and oxygen atoms in total. The first-order chi connectivity index (χ1) is 9.77. The predicted molar refractivity (Wildman–Crippen MR) is 76.5 cm³/mol. The van der Waals surface area contributed by atoms with E-state index in [1.165, 1.54) is 4.90 Å². The van der Waals surface area contributed by atoms with E-state index >= 15 is 0 Å². The molecule has 1 atom stereocenters. The van der Waals surface area contributed by atoms with E-state index in [0.29, 0.717) is 6.54 Å². The van der Waals surface area contributed by atoms with Gasteiger partial charge in [-0.25, -0.2) is 4.79 Å². The molecule has 0 radical (unpaired) electrons. The molecular formula is C13H17N3O5. The van der Waals surface area contributed by atoms with Gasteiger partial charge in [0.15, 0.2) is 0 Å². The van der Waals surface area contributed by atoms with Crippen molar-refractivity contribution in [3.8, 4) is 0 Å². The van der Waals surface area contributed by atoms with E-state index in [1.54, 1.807) is 20.9 Å². The molecule has 1 rings (SSSR count). The van der Waals surface area contributed by atoms with Crippen molar-refractivity contribution in [2.24, 2.45) is 0 Å². The zero-order chi connectivity index (χ0) is 16.2. The molecule has 0 heterocycles. The fourth-order valence-corrected chi connectivity index (χ4v) is 1.73. The van der Waals surface area contributed by atoms with Crippen LogP contribution >= 0.6 is 0 Å². The minimum absolute atomic E-state index is 0.00486. The minimum atomic E-state index is -1.20. The van der Waals surface area contributed by atoms with Crippen molar-refractivity contribution >= 4 is 23.3 Å². The Morgan fingerprint density at radius 2 is 2.10 bits per heavy atom. The number of aromatic carboxylic acids is 1. The van der Waals surface area contributed by atoms with Gasteiger partial charge in [-0.1, -0.05) is 0 Å². The number of anilines is 1. The number of carboxylic acid groups (broad SMARTS) is 1. The maximum absolute atomic E-state index is 12.0. The van der Waals surface area contributed by atoms with Crippen molar-refractivity contribution in [1.29, 1.82) is 0 Å². The quantitative estimate of drug-likeness (QED) is 0.608. The lowest BCUT2D eigenvalue weighted by Crippen LogP contribution is -2.39. The molecule has 0 aromatic heterocycles. The zero-order valence-corrected chi connectivity index (χ0v) is 12.0. The summed E-state index contributed by atoms with van der Waals surface area (Å²) in [5.41, 5.74) is -0.365. The molecule has 1 amide bonds. The number of carbonyl (C=O) groups is 2. The Bertz CT molecular complexity index is 573. The molecule has 0 aliphatic rings. The fourth-order valence-electron chi connectivity index (χ4n) is 1.73. The van der Waals surface area contributed by atoms with Gasteiger partial charge in [-0.2, -0.15) is 0 Å². The average Bonchev–Trinajstić information content (AvgIpc) is 2.44. The van der Waals surface area contributed by atoms with Gasteiger partial charge in [0.1, 0.15) is 11.7 Å². The normalized spacial score (nSPS) is 11.6. The highest BCUT2D eigenvalue weighted by molar-refractivity contribution is 5.91. The van der Waals surface area contributed by atoms with E-state index in [9.17, 15) is 19.7 Å². The molecule has 0 aliphatic carbocycles. The van der Waals surface area contributed by atoms with E-state index in [-0.39, 0.29) is 22.8 Å². The van der Waals surface area contributed by atoms with Crippen molar-refractivity contribution in [2.75, 3.05) is 18.9 Å². The van der Waals surface area contributed by atoms with Crippen LogP contribution in [-0.4, -0.2) is 46.4 Å². The monoisotopic (exact) mass is 295 g/mol. The second kappa shape index (κ2) is 6.69. The number of nitrogens with zero attached hydrogens (tertiary/aromatic N) is 2. The Hall–Kier alpha value is -2.64. The van der Waals surface area contributed by atoms with Crippen molar-refractivity contribution < 1.29 is 19.6 Å². The first kappa shape index (κ1) is 16.4. The van der Waals surface area contributed by atoms with E-state index in [4.69, 9.17) is 5.11 Å². The van der Waals surface area contributed by atoms with E-state index in [2.05, 4.69) is 5.32 Å². The molecule has 0 aliphatic heterocycles. The standard InChI is InChI=1S/C13H17N3O5/c1-4-15(3)12(17)8(2)14-10-7-9(13(18)19)5-6-11(10)16(20)21/h5-8,14H,4H2,1-3H3,(H,18,19). The lowest BCUT2D eigenvalue weighted by Gasteiger charge is -2.21. The molecule has 1 aromatic rings. The molecule has 114 valence electrons. The molecule has 1 unspecified atom stereocenters. The van der Waals surface area contributed by atoms with Crippen LogP contribution in [0.1, 0.15) is 24.2 Å². The van der Waals surface area contributed by atoms with Crippen LogP contribution in [0, 0.1) is 10.1 Å². The summed E-state index contributed by atoms with van der Waals surface area (Å²) in [6.45, 7) is 3.87. The molecule has 2 N–H and O–H groups in total. The van der Waals surface area contributed by atoms with Crippen molar-refractivity contribution in [3.63, 3.8) is 0 Å². The van der Waals surface area contributed by atoms with Crippen LogP contribution in [0.4, 0.5) is 11.4 Å². The summed E-state index contributed by atoms with van der Waals surface area (Å²) in [7, 11) is 1.61. The molecule has 0 saturated heterocycles. The lowest BCUT2D eigenvalue weighted by molar-refractivity contribution is -0.384. The van der Waals surface area contributed by atoms with E-state index < -0.39 is 16.9 Å². The molecule has 21 heavy (non-hydrogen) atoms. The summed E-state index contributed by atoms with van der Waals surface area (Å²) in [5, 5.41) is 22.6. The summed E-state index contributed by atoms with van der Waals surface area (Å²) in [5.74, 6) is -1.44. The number of benzene rings is 1. The highest BCUT2D eigenvalue weighted by Gasteiger charge is 2.22. The first-order valence-corrected chi connectivity index (χ1v) is 6.31. The number of nitrogens with one attached hydrogen (secondary N) is 1. The van der Waals surface area contributed by atoms with Crippen LogP contribution < -0.4 is 5.32 Å². The maximum Gasteiger partial charge on any atom is 0.335 e. The summed E-state index contributed by atoms with van der Waals surface area (Å²) >= 11 is 0. The highest BCUT2D eigenvalue weighted by atomic mass is 16.6. The third-order valence-corrected chi connectivity index (χ3v) is 3.03. The molecule has 0 spiro atoms. The molecule has 0 fully saturated rings. The van der Waals surface area contributed by atoms with Gasteiger partial charge >= 0.3 is 5.97 Å². The van der Waals surface area contributed by atoms with Crippen LogP contribution in [0.15, 0.2) is 18.2 Å². The number of carboxylic acids is 1. The van der Waals surface area contributed by atoms with Crippen LogP contribution in [-0.2, 0) is 4.79 Å². The van der Waals surface area contributed by atoms with Crippen molar-refractivity contribution in [3.05, 3.63) is 33.9 Å². The van der Waals surface area contributed by atoms with Gasteiger partial charge in [0, 0.05) is 19.7 Å². The van der Waals surface area contributed by atoms with Gasteiger partial charge in [-0.3, -0.25) is 14.9 Å². The maximum atomic E-state index is 12.0. The van der Waals surface area contributed by atoms with E-state index in [1.807, 2.05) is 0 Å². The van der Waals surface area contributed by atoms with E-state index in [0.717, 1.165) is 18.2 Å². The second-order valence-electron chi connectivity index (χ2n) is 4.51. The number of carbonyl (C=O) groups excluding carboxylic acids is 1. The Balaban J connectivity index is 3.10. The molecule has 1 aromatic carbocycles. The topological polar surface area (TPSA) is 113 Å². The Morgan fingerprint density at radius 3 is 2.57 bits per heavy atom. The summed E-state index contributed by atoms with van der Waals surface area (Å²) in [6.07, 6.45) is 0. The number of rotatable bonds is 6. The second-order valence-corrected chi connectivity index (χ2v) is 4.51. The van der Waals surface area contributed by atoms with Crippen LogP contribution in [0.5, 0.6) is 0 Å². The van der Waals surface area contributed by atoms with Crippen LogP contribution in [0.25, 0.3) is 0 Å². The number of hydrogen-bond acceptors (Lipinski definition) is 5. The largest absolute Gasteiger partial charge is 0.478 e. The highest BCUT2D eigenvalue weighted by Crippen LogP contribution is 2.26. The third-order valence-electron chi connectivity index (χ3n) is 3.03. The smallest absolute Gasteiger partial charge is 0.335 e. The fraction of sp³-hybridized carbons (Fsp3) is 0.385. The summed E-state index contributed by atoms with van der Waals surface area (Å²) < 4.78 is 0. The molecule has 0 saturated carbocycles. The number of likely N-dealkylation sites (N-methyl/N-ethyl adjacent to an activating group) is 1. The Kier molecular flexibility index (Phi) is 5.23. The Morgan fingerprint density at radius 1 is 1.48 bits per heavy atom. The van der Waals surface area contributed by atoms with Crippen LogP contribution in [0.3, 0.4) is 0 Å². The molecular weight excluding hydrogens is 278 g/mol. The summed E-state index contributed by atoms with van der Waals surface area (Å²) in [6, 6.07) is 2.69. The van der Waals surface area contributed by atoms with Crippen LogP contribution in [0.2, 0.25) is 0 Å². The number of amides is 1. The van der Waals surface area contributed by atoms with Gasteiger partial charge in [-0.05, 0) is 26.0 Å². The van der Waals surface area contributed by atoms with Gasteiger partial charge in [-0.15, -0.1) is 0 Å². The predicted octanol–water partition coefficient (Wildman–Crippen LogP) is 1.57. The number of nitro benzene ring substituents is 1. The van der Waals surface area contributed by atoms with Gasteiger partial charge in [0.05, 0.1) is 10.5 Å².